The Morgan fingerprint density at radius 1 is 1.47 bits per heavy atom. The minimum Gasteiger partial charge on any atom is -0.396 e. The van der Waals surface area contributed by atoms with Crippen molar-refractivity contribution in [2.45, 2.75) is 26.3 Å². The van der Waals surface area contributed by atoms with Gasteiger partial charge in [-0.05, 0) is 37.0 Å². The van der Waals surface area contributed by atoms with Crippen LogP contribution in [0.25, 0.3) is 0 Å². The molecule has 0 spiro atoms. The fourth-order valence-corrected chi connectivity index (χ4v) is 2.56. The van der Waals surface area contributed by atoms with Gasteiger partial charge in [0, 0.05) is 25.4 Å². The molecule has 1 heterocycles. The van der Waals surface area contributed by atoms with Crippen LogP contribution in [0.4, 0.5) is 5.69 Å². The van der Waals surface area contributed by atoms with E-state index in [4.69, 9.17) is 0 Å². The molecule has 4 heteroatoms. The van der Waals surface area contributed by atoms with E-state index in [1.54, 1.807) is 0 Å². The Morgan fingerprint density at radius 3 is 2.95 bits per heavy atom. The SMILES string of the molecule is Cc1cccc(N2CC(C)CNC(=O)C2CCO)c1. The summed E-state index contributed by atoms with van der Waals surface area (Å²) >= 11 is 0. The lowest BCUT2D eigenvalue weighted by molar-refractivity contribution is -0.122. The average Bonchev–Trinajstić information content (AvgIpc) is 2.52. The smallest absolute Gasteiger partial charge is 0.242 e. The van der Waals surface area contributed by atoms with Gasteiger partial charge in [0.2, 0.25) is 5.91 Å². The Labute approximate surface area is 114 Å². The summed E-state index contributed by atoms with van der Waals surface area (Å²) in [4.78, 5) is 14.3. The third-order valence-electron chi connectivity index (χ3n) is 3.55. The first-order valence-corrected chi connectivity index (χ1v) is 6.83. The molecule has 0 bridgehead atoms. The molecule has 1 aromatic rings. The fraction of sp³-hybridized carbons (Fsp3) is 0.533. The van der Waals surface area contributed by atoms with Crippen molar-refractivity contribution < 1.29 is 9.90 Å². The van der Waals surface area contributed by atoms with Crippen LogP contribution in [-0.2, 0) is 4.79 Å². The van der Waals surface area contributed by atoms with Crippen LogP contribution in [0.3, 0.4) is 0 Å². The van der Waals surface area contributed by atoms with Crippen LogP contribution >= 0.6 is 0 Å². The van der Waals surface area contributed by atoms with Gasteiger partial charge in [-0.25, -0.2) is 0 Å². The lowest BCUT2D eigenvalue weighted by atomic mass is 10.1. The Kier molecular flexibility index (Phi) is 4.43. The molecule has 1 aliphatic heterocycles. The lowest BCUT2D eigenvalue weighted by Gasteiger charge is -2.31. The molecule has 1 aliphatic rings. The third-order valence-corrected chi connectivity index (χ3v) is 3.55. The number of amides is 1. The van der Waals surface area contributed by atoms with E-state index in [1.165, 1.54) is 5.56 Å². The molecule has 0 aromatic heterocycles. The number of aryl methyl sites for hydroxylation is 1. The molecule has 2 rings (SSSR count). The molecule has 2 atom stereocenters. The Balaban J connectivity index is 2.32. The Morgan fingerprint density at radius 2 is 2.26 bits per heavy atom. The largest absolute Gasteiger partial charge is 0.396 e. The van der Waals surface area contributed by atoms with Gasteiger partial charge in [0.05, 0.1) is 0 Å². The second-order valence-electron chi connectivity index (χ2n) is 5.37. The molecule has 2 unspecified atom stereocenters. The van der Waals surface area contributed by atoms with Gasteiger partial charge in [-0.2, -0.15) is 0 Å². The maximum absolute atomic E-state index is 12.2. The topological polar surface area (TPSA) is 52.6 Å². The minimum absolute atomic E-state index is 0.0138. The maximum atomic E-state index is 12.2. The summed E-state index contributed by atoms with van der Waals surface area (Å²) in [5, 5.41) is 12.2. The standard InChI is InChI=1S/C15H22N2O2/c1-11-4-3-5-13(8-11)17-10-12(2)9-16-15(19)14(17)6-7-18/h3-5,8,12,14,18H,6-7,9-10H2,1-2H3,(H,16,19). The van der Waals surface area contributed by atoms with Gasteiger partial charge >= 0.3 is 0 Å². The second-order valence-corrected chi connectivity index (χ2v) is 5.37. The van der Waals surface area contributed by atoms with E-state index in [2.05, 4.69) is 23.2 Å². The summed E-state index contributed by atoms with van der Waals surface area (Å²) in [6.45, 7) is 5.72. The molecule has 1 amide bonds. The van der Waals surface area contributed by atoms with Crippen LogP contribution in [-0.4, -0.2) is 36.8 Å². The summed E-state index contributed by atoms with van der Waals surface area (Å²) < 4.78 is 0. The first kappa shape index (κ1) is 13.9. The van der Waals surface area contributed by atoms with Crippen molar-refractivity contribution in [1.82, 2.24) is 5.32 Å². The molecule has 4 nitrogen and oxygen atoms in total. The van der Waals surface area contributed by atoms with Gasteiger partial charge < -0.3 is 15.3 Å². The van der Waals surface area contributed by atoms with Crippen LogP contribution in [0, 0.1) is 12.8 Å². The highest BCUT2D eigenvalue weighted by Crippen LogP contribution is 2.23. The number of rotatable bonds is 3. The van der Waals surface area contributed by atoms with E-state index in [9.17, 15) is 9.90 Å². The van der Waals surface area contributed by atoms with Gasteiger partial charge in [0.15, 0.2) is 0 Å². The van der Waals surface area contributed by atoms with E-state index in [0.29, 0.717) is 18.9 Å². The number of nitrogens with one attached hydrogen (secondary N) is 1. The number of benzene rings is 1. The monoisotopic (exact) mass is 262 g/mol. The molecule has 104 valence electrons. The van der Waals surface area contributed by atoms with Crippen molar-refractivity contribution in [2.75, 3.05) is 24.6 Å². The summed E-state index contributed by atoms with van der Waals surface area (Å²) in [5.41, 5.74) is 2.24. The number of nitrogens with zero attached hydrogens (tertiary/aromatic N) is 1. The van der Waals surface area contributed by atoms with E-state index in [0.717, 1.165) is 12.2 Å². The maximum Gasteiger partial charge on any atom is 0.242 e. The molecule has 1 aromatic carbocycles. The highest BCUT2D eigenvalue weighted by Gasteiger charge is 2.30. The number of anilines is 1. The Hall–Kier alpha value is -1.55. The summed E-state index contributed by atoms with van der Waals surface area (Å²) in [6, 6.07) is 7.90. The normalized spacial score (nSPS) is 23.9. The molecule has 0 saturated carbocycles. The minimum atomic E-state index is -0.281. The van der Waals surface area contributed by atoms with Gasteiger partial charge in [-0.1, -0.05) is 19.1 Å². The van der Waals surface area contributed by atoms with Gasteiger partial charge in [0.25, 0.3) is 0 Å². The number of aliphatic hydroxyl groups is 1. The summed E-state index contributed by atoms with van der Waals surface area (Å²) in [6.07, 6.45) is 0.465. The van der Waals surface area contributed by atoms with Gasteiger partial charge in [-0.15, -0.1) is 0 Å². The lowest BCUT2D eigenvalue weighted by Crippen LogP contribution is -2.45. The van der Waals surface area contributed by atoms with Crippen LogP contribution in [0.5, 0.6) is 0 Å². The fourth-order valence-electron chi connectivity index (χ4n) is 2.56. The molecular weight excluding hydrogens is 240 g/mol. The van der Waals surface area contributed by atoms with Crippen molar-refractivity contribution in [3.8, 4) is 0 Å². The van der Waals surface area contributed by atoms with Crippen molar-refractivity contribution in [2.24, 2.45) is 5.92 Å². The van der Waals surface area contributed by atoms with Crippen molar-refractivity contribution >= 4 is 11.6 Å². The Bertz CT molecular complexity index is 448. The first-order chi connectivity index (χ1) is 9.11. The van der Waals surface area contributed by atoms with Crippen LogP contribution in [0.2, 0.25) is 0 Å². The number of hydrogen-bond acceptors (Lipinski definition) is 3. The number of hydrogen-bond donors (Lipinski definition) is 2. The zero-order chi connectivity index (χ0) is 13.8. The quantitative estimate of drug-likeness (QED) is 0.864. The predicted octanol–water partition coefficient (Wildman–Crippen LogP) is 1.32. The van der Waals surface area contributed by atoms with Gasteiger partial charge in [-0.3, -0.25) is 4.79 Å². The van der Waals surface area contributed by atoms with Gasteiger partial charge in [0.1, 0.15) is 6.04 Å². The average molecular weight is 262 g/mol. The highest BCUT2D eigenvalue weighted by molar-refractivity contribution is 5.85. The first-order valence-electron chi connectivity index (χ1n) is 6.83. The molecule has 1 fully saturated rings. The molecular formula is C15H22N2O2. The van der Waals surface area contributed by atoms with Crippen LogP contribution in [0.1, 0.15) is 18.9 Å². The number of carbonyl (C=O) groups is 1. The van der Waals surface area contributed by atoms with E-state index < -0.39 is 0 Å². The summed E-state index contributed by atoms with van der Waals surface area (Å²) in [5.74, 6) is 0.410. The molecule has 0 aliphatic carbocycles. The van der Waals surface area contributed by atoms with Crippen molar-refractivity contribution in [1.29, 1.82) is 0 Å². The number of aliphatic hydroxyl groups excluding tert-OH is 1. The second kappa shape index (κ2) is 6.06. The predicted molar refractivity (Wildman–Crippen MR) is 76.2 cm³/mol. The molecule has 1 saturated heterocycles. The van der Waals surface area contributed by atoms with Crippen LogP contribution < -0.4 is 10.2 Å². The number of carbonyl (C=O) groups excluding carboxylic acids is 1. The van der Waals surface area contributed by atoms with Crippen molar-refractivity contribution in [3.05, 3.63) is 29.8 Å². The molecule has 0 radical (unpaired) electrons. The van der Waals surface area contributed by atoms with E-state index >= 15 is 0 Å². The third kappa shape index (κ3) is 3.26. The van der Waals surface area contributed by atoms with E-state index in [1.807, 2.05) is 25.1 Å². The van der Waals surface area contributed by atoms with Crippen molar-refractivity contribution in [3.63, 3.8) is 0 Å². The zero-order valence-corrected chi connectivity index (χ0v) is 11.6. The summed E-state index contributed by atoms with van der Waals surface area (Å²) in [7, 11) is 0. The highest BCUT2D eigenvalue weighted by atomic mass is 16.3. The molecule has 19 heavy (non-hydrogen) atoms. The van der Waals surface area contributed by atoms with E-state index in [-0.39, 0.29) is 18.6 Å². The molecule has 2 N–H and O–H groups in total. The zero-order valence-electron chi connectivity index (χ0n) is 11.6. The van der Waals surface area contributed by atoms with Crippen LogP contribution in [0.15, 0.2) is 24.3 Å².